The molecule has 1 aliphatic heterocycles. The van der Waals surface area contributed by atoms with Crippen molar-refractivity contribution in [3.63, 3.8) is 0 Å². The molecule has 12 heteroatoms. The van der Waals surface area contributed by atoms with Gasteiger partial charge in [0.1, 0.15) is 13.2 Å². The van der Waals surface area contributed by atoms with E-state index in [9.17, 15) is 25.0 Å². The summed E-state index contributed by atoms with van der Waals surface area (Å²) in [6, 6.07) is 5.01. The molecule has 0 saturated carbocycles. The Kier molecular flexibility index (Phi) is 6.61. The third-order valence-electron chi connectivity index (χ3n) is 4.97. The lowest BCUT2D eigenvalue weighted by atomic mass is 9.85. The van der Waals surface area contributed by atoms with Crippen molar-refractivity contribution in [2.45, 2.75) is 12.3 Å². The maximum Gasteiger partial charge on any atom is 0.306 e. The normalized spacial score (nSPS) is 13.1. The Morgan fingerprint density at radius 3 is 1.94 bits per heavy atom. The van der Waals surface area contributed by atoms with Crippen LogP contribution < -0.4 is 18.9 Å². The van der Waals surface area contributed by atoms with E-state index in [0.29, 0.717) is 0 Å². The Morgan fingerprint density at radius 1 is 0.906 bits per heavy atom. The fraction of sp³-hybridized carbons (Fsp3) is 0.350. The van der Waals surface area contributed by atoms with Crippen molar-refractivity contribution in [3.8, 4) is 23.0 Å². The fourth-order valence-corrected chi connectivity index (χ4v) is 3.49. The highest BCUT2D eigenvalue weighted by Crippen LogP contribution is 2.46. The highest BCUT2D eigenvalue weighted by atomic mass is 16.6. The summed E-state index contributed by atoms with van der Waals surface area (Å²) in [4.78, 5) is 34.6. The number of esters is 1. The van der Waals surface area contributed by atoms with Gasteiger partial charge in [-0.2, -0.15) is 0 Å². The van der Waals surface area contributed by atoms with E-state index in [1.807, 2.05) is 0 Å². The molecule has 3 rings (SSSR count). The lowest BCUT2D eigenvalue weighted by molar-refractivity contribution is -0.386. The van der Waals surface area contributed by atoms with Crippen molar-refractivity contribution in [1.29, 1.82) is 0 Å². The van der Waals surface area contributed by atoms with Gasteiger partial charge in [-0.3, -0.25) is 25.0 Å². The number of fused-ring (bicyclic) bond motifs is 1. The first-order chi connectivity index (χ1) is 15.3. The summed E-state index contributed by atoms with van der Waals surface area (Å²) in [5, 5.41) is 23.7. The SMILES string of the molecule is COC(=O)C[C@@H](c1cc(OC)c(OC)cc1[N+](=O)[O-])c1cc2c(cc1[N+](=O)[O-])OCCO2. The molecule has 0 amide bonds. The summed E-state index contributed by atoms with van der Waals surface area (Å²) in [5.41, 5.74) is -0.745. The van der Waals surface area contributed by atoms with Crippen LogP contribution in [0.25, 0.3) is 0 Å². The van der Waals surface area contributed by atoms with E-state index in [0.717, 1.165) is 13.2 Å². The standard InChI is InChI=1S/C20H20N2O10/c1-28-16-6-12(14(21(24)25)9-17(16)29-2)11(8-20(23)30-3)13-7-18-19(32-5-4-31-18)10-15(13)22(26)27/h6-7,9-11H,4-5,8H2,1-3H3/t11-/m0/s1. The summed E-state index contributed by atoms with van der Waals surface area (Å²) in [6.07, 6.45) is -0.409. The first-order valence-corrected chi connectivity index (χ1v) is 9.35. The third kappa shape index (κ3) is 4.33. The smallest absolute Gasteiger partial charge is 0.306 e. The van der Waals surface area contributed by atoms with Crippen molar-refractivity contribution in [2.24, 2.45) is 0 Å². The summed E-state index contributed by atoms with van der Waals surface area (Å²) < 4.78 is 26.1. The highest BCUT2D eigenvalue weighted by Gasteiger charge is 2.35. The van der Waals surface area contributed by atoms with E-state index >= 15 is 0 Å². The lowest BCUT2D eigenvalue weighted by Crippen LogP contribution is -2.18. The molecule has 0 aromatic heterocycles. The third-order valence-corrected chi connectivity index (χ3v) is 4.97. The molecular weight excluding hydrogens is 428 g/mol. The summed E-state index contributed by atoms with van der Waals surface area (Å²) in [5.74, 6) is -1.19. The van der Waals surface area contributed by atoms with Gasteiger partial charge in [-0.25, -0.2) is 0 Å². The van der Waals surface area contributed by atoms with Gasteiger partial charge in [-0.05, 0) is 12.1 Å². The summed E-state index contributed by atoms with van der Waals surface area (Å²) >= 11 is 0. The molecule has 170 valence electrons. The maximum absolute atomic E-state index is 12.2. The molecule has 0 N–H and O–H groups in total. The van der Waals surface area contributed by atoms with E-state index in [1.165, 1.54) is 32.4 Å². The number of carbonyl (C=O) groups excluding carboxylic acids is 1. The van der Waals surface area contributed by atoms with Crippen molar-refractivity contribution >= 4 is 17.3 Å². The first-order valence-electron chi connectivity index (χ1n) is 9.35. The minimum Gasteiger partial charge on any atom is -0.493 e. The molecule has 1 aliphatic rings. The monoisotopic (exact) mass is 448 g/mol. The largest absolute Gasteiger partial charge is 0.493 e. The van der Waals surface area contributed by atoms with Gasteiger partial charge < -0.3 is 23.7 Å². The number of carbonyl (C=O) groups is 1. The van der Waals surface area contributed by atoms with E-state index < -0.39 is 33.8 Å². The van der Waals surface area contributed by atoms with Crippen LogP contribution >= 0.6 is 0 Å². The molecule has 0 radical (unpaired) electrons. The number of ether oxygens (including phenoxy) is 5. The van der Waals surface area contributed by atoms with E-state index in [4.69, 9.17) is 23.7 Å². The van der Waals surface area contributed by atoms with E-state index in [2.05, 4.69) is 0 Å². The minimum absolute atomic E-state index is 0.0119. The molecule has 32 heavy (non-hydrogen) atoms. The van der Waals surface area contributed by atoms with Crippen LogP contribution in [0.1, 0.15) is 23.5 Å². The van der Waals surface area contributed by atoms with Crippen LogP contribution in [0.15, 0.2) is 24.3 Å². The number of nitro groups is 2. The zero-order valence-electron chi connectivity index (χ0n) is 17.5. The number of nitrogens with zero attached hydrogens (tertiary/aromatic N) is 2. The van der Waals surface area contributed by atoms with Gasteiger partial charge in [-0.1, -0.05) is 0 Å². The van der Waals surface area contributed by atoms with Crippen LogP contribution in [-0.2, 0) is 9.53 Å². The Hall–Kier alpha value is -4.09. The van der Waals surface area contributed by atoms with Crippen LogP contribution in [0.2, 0.25) is 0 Å². The lowest BCUT2D eigenvalue weighted by Gasteiger charge is -2.22. The predicted molar refractivity (Wildman–Crippen MR) is 109 cm³/mol. The molecule has 1 atom stereocenters. The molecule has 0 fully saturated rings. The van der Waals surface area contributed by atoms with E-state index in [1.54, 1.807) is 0 Å². The quantitative estimate of drug-likeness (QED) is 0.335. The Morgan fingerprint density at radius 2 is 1.41 bits per heavy atom. The number of nitro benzene ring substituents is 2. The molecule has 2 aromatic rings. The van der Waals surface area contributed by atoms with Crippen LogP contribution in [0.3, 0.4) is 0 Å². The average molecular weight is 448 g/mol. The Labute approximate surface area is 181 Å². The van der Waals surface area contributed by atoms with Crippen molar-refractivity contribution in [1.82, 2.24) is 0 Å². The topological polar surface area (TPSA) is 150 Å². The fourth-order valence-electron chi connectivity index (χ4n) is 3.49. The number of benzene rings is 2. The van der Waals surface area contributed by atoms with Gasteiger partial charge in [0.05, 0.1) is 49.7 Å². The zero-order valence-corrected chi connectivity index (χ0v) is 17.5. The molecule has 0 spiro atoms. The maximum atomic E-state index is 12.2. The molecule has 2 aromatic carbocycles. The molecule has 0 bridgehead atoms. The number of rotatable bonds is 8. The van der Waals surface area contributed by atoms with Crippen LogP contribution in [0, 0.1) is 20.2 Å². The molecule has 1 heterocycles. The number of hydrogen-bond donors (Lipinski definition) is 0. The average Bonchev–Trinajstić information content (AvgIpc) is 2.80. The van der Waals surface area contributed by atoms with E-state index in [-0.39, 0.29) is 53.0 Å². The molecule has 0 unspecified atom stereocenters. The Balaban J connectivity index is 2.31. The molecular formula is C20H20N2O10. The van der Waals surface area contributed by atoms with Gasteiger partial charge in [-0.15, -0.1) is 0 Å². The van der Waals surface area contributed by atoms with Crippen LogP contribution in [0.4, 0.5) is 11.4 Å². The first kappa shape index (κ1) is 22.6. The summed E-state index contributed by atoms with van der Waals surface area (Å²) in [6.45, 7) is 0.443. The number of methoxy groups -OCH3 is 3. The van der Waals surface area contributed by atoms with Gasteiger partial charge in [0.15, 0.2) is 23.0 Å². The zero-order chi connectivity index (χ0) is 23.4. The second-order valence-corrected chi connectivity index (χ2v) is 6.67. The molecule has 0 saturated heterocycles. The van der Waals surface area contributed by atoms with Crippen molar-refractivity contribution in [2.75, 3.05) is 34.5 Å². The minimum atomic E-state index is -1.13. The predicted octanol–water partition coefficient (Wildman–Crippen LogP) is 2.99. The second kappa shape index (κ2) is 9.37. The van der Waals surface area contributed by atoms with Gasteiger partial charge in [0.2, 0.25) is 0 Å². The Bertz CT molecular complexity index is 1010. The van der Waals surface area contributed by atoms with Gasteiger partial charge in [0, 0.05) is 17.0 Å². The van der Waals surface area contributed by atoms with Crippen molar-refractivity contribution in [3.05, 3.63) is 55.6 Å². The molecule has 0 aliphatic carbocycles. The second-order valence-electron chi connectivity index (χ2n) is 6.67. The van der Waals surface area contributed by atoms with Crippen LogP contribution in [0.5, 0.6) is 23.0 Å². The van der Waals surface area contributed by atoms with Gasteiger partial charge >= 0.3 is 5.97 Å². The van der Waals surface area contributed by atoms with Crippen molar-refractivity contribution < 1.29 is 38.3 Å². The number of hydrogen-bond acceptors (Lipinski definition) is 10. The van der Waals surface area contributed by atoms with Crippen LogP contribution in [-0.4, -0.2) is 50.4 Å². The highest BCUT2D eigenvalue weighted by molar-refractivity contribution is 5.74. The molecule has 12 nitrogen and oxygen atoms in total. The van der Waals surface area contributed by atoms with Gasteiger partial charge in [0.25, 0.3) is 11.4 Å². The summed E-state index contributed by atoms with van der Waals surface area (Å²) in [7, 11) is 3.81.